The minimum atomic E-state index is -0.0506. The van der Waals surface area contributed by atoms with E-state index in [2.05, 4.69) is 19.9 Å². The summed E-state index contributed by atoms with van der Waals surface area (Å²) in [7, 11) is 0. The summed E-state index contributed by atoms with van der Waals surface area (Å²) in [5.41, 5.74) is 1.31. The number of hydrogen-bond acceptors (Lipinski definition) is 2. The van der Waals surface area contributed by atoms with Gasteiger partial charge in [-0.1, -0.05) is 26.3 Å². The van der Waals surface area contributed by atoms with Gasteiger partial charge in [-0.25, -0.2) is 0 Å². The average Bonchev–Trinajstić information content (AvgIpc) is 2.21. The van der Waals surface area contributed by atoms with Gasteiger partial charge in [0.2, 0.25) is 0 Å². The molecule has 1 heterocycles. The Morgan fingerprint density at radius 1 is 1.31 bits per heavy atom. The zero-order chi connectivity index (χ0) is 9.52. The van der Waals surface area contributed by atoms with E-state index in [0.29, 0.717) is 0 Å². The molecule has 13 heavy (non-hydrogen) atoms. The van der Waals surface area contributed by atoms with E-state index in [1.54, 1.807) is 0 Å². The van der Waals surface area contributed by atoms with E-state index < -0.39 is 0 Å². The quantitative estimate of drug-likeness (QED) is 0.625. The van der Waals surface area contributed by atoms with Gasteiger partial charge in [-0.3, -0.25) is 0 Å². The SMILES string of the molecule is CCC/C=C(/CC)C1OCCCO1. The third-order valence-corrected chi connectivity index (χ3v) is 2.23. The lowest BCUT2D eigenvalue weighted by Crippen LogP contribution is -2.26. The highest BCUT2D eigenvalue weighted by Gasteiger charge is 2.16. The van der Waals surface area contributed by atoms with Gasteiger partial charge in [0.05, 0.1) is 13.2 Å². The van der Waals surface area contributed by atoms with Gasteiger partial charge in [-0.2, -0.15) is 0 Å². The molecular formula is C11H20O2. The standard InChI is InChI=1S/C11H20O2/c1-3-5-7-10(4-2)11-12-8-6-9-13-11/h7,11H,3-6,8-9H2,1-2H3/b10-7-. The maximum atomic E-state index is 5.54. The lowest BCUT2D eigenvalue weighted by Gasteiger charge is -2.25. The van der Waals surface area contributed by atoms with Gasteiger partial charge < -0.3 is 9.47 Å². The van der Waals surface area contributed by atoms with E-state index in [9.17, 15) is 0 Å². The fraction of sp³-hybridized carbons (Fsp3) is 0.818. The molecule has 0 atom stereocenters. The normalized spacial score (nSPS) is 20.6. The van der Waals surface area contributed by atoms with Gasteiger partial charge in [0.25, 0.3) is 0 Å². The summed E-state index contributed by atoms with van der Waals surface area (Å²) in [5.74, 6) is 0. The zero-order valence-electron chi connectivity index (χ0n) is 8.71. The maximum Gasteiger partial charge on any atom is 0.179 e. The van der Waals surface area contributed by atoms with Crippen LogP contribution in [0.3, 0.4) is 0 Å². The minimum Gasteiger partial charge on any atom is -0.349 e. The average molecular weight is 184 g/mol. The second kappa shape index (κ2) is 6.17. The topological polar surface area (TPSA) is 18.5 Å². The van der Waals surface area contributed by atoms with E-state index in [1.807, 2.05) is 0 Å². The van der Waals surface area contributed by atoms with Crippen LogP contribution < -0.4 is 0 Å². The number of unbranched alkanes of at least 4 members (excludes halogenated alkanes) is 1. The molecule has 0 amide bonds. The van der Waals surface area contributed by atoms with Crippen LogP contribution in [0.25, 0.3) is 0 Å². The molecule has 0 unspecified atom stereocenters. The van der Waals surface area contributed by atoms with Gasteiger partial charge >= 0.3 is 0 Å². The van der Waals surface area contributed by atoms with Crippen molar-refractivity contribution in [2.24, 2.45) is 0 Å². The lowest BCUT2D eigenvalue weighted by atomic mass is 10.1. The number of ether oxygens (including phenoxy) is 2. The molecule has 0 aromatic carbocycles. The Morgan fingerprint density at radius 3 is 2.54 bits per heavy atom. The van der Waals surface area contributed by atoms with E-state index in [4.69, 9.17) is 9.47 Å². The van der Waals surface area contributed by atoms with Gasteiger partial charge in [-0.05, 0) is 24.8 Å². The summed E-state index contributed by atoms with van der Waals surface area (Å²) in [6.45, 7) is 6.03. The second-order valence-electron chi connectivity index (χ2n) is 3.35. The van der Waals surface area contributed by atoms with Crippen LogP contribution in [-0.4, -0.2) is 19.5 Å². The maximum absolute atomic E-state index is 5.54. The molecule has 1 rings (SSSR count). The molecule has 2 heteroatoms. The molecule has 2 nitrogen and oxygen atoms in total. The Bertz CT molecular complexity index is 157. The molecule has 1 saturated heterocycles. The van der Waals surface area contributed by atoms with Crippen LogP contribution in [0.1, 0.15) is 39.5 Å². The van der Waals surface area contributed by atoms with Crippen molar-refractivity contribution in [3.63, 3.8) is 0 Å². The molecule has 0 bridgehead atoms. The van der Waals surface area contributed by atoms with Crippen LogP contribution in [0.2, 0.25) is 0 Å². The van der Waals surface area contributed by atoms with Crippen molar-refractivity contribution in [3.05, 3.63) is 11.6 Å². The van der Waals surface area contributed by atoms with Crippen molar-refractivity contribution in [2.75, 3.05) is 13.2 Å². The van der Waals surface area contributed by atoms with Crippen LogP contribution in [0, 0.1) is 0 Å². The van der Waals surface area contributed by atoms with Crippen molar-refractivity contribution >= 4 is 0 Å². The Morgan fingerprint density at radius 2 is 2.00 bits per heavy atom. The molecule has 1 fully saturated rings. The number of allylic oxidation sites excluding steroid dienone is 1. The van der Waals surface area contributed by atoms with Crippen LogP contribution in [0.4, 0.5) is 0 Å². The van der Waals surface area contributed by atoms with E-state index in [-0.39, 0.29) is 6.29 Å². The molecule has 0 saturated carbocycles. The van der Waals surface area contributed by atoms with Gasteiger partial charge in [0.15, 0.2) is 6.29 Å². The van der Waals surface area contributed by atoms with Crippen molar-refractivity contribution in [1.29, 1.82) is 0 Å². The largest absolute Gasteiger partial charge is 0.349 e. The Hall–Kier alpha value is -0.340. The highest BCUT2D eigenvalue weighted by molar-refractivity contribution is 5.05. The molecular weight excluding hydrogens is 164 g/mol. The van der Waals surface area contributed by atoms with Crippen LogP contribution in [0.15, 0.2) is 11.6 Å². The van der Waals surface area contributed by atoms with E-state index in [1.165, 1.54) is 12.0 Å². The second-order valence-corrected chi connectivity index (χ2v) is 3.35. The van der Waals surface area contributed by atoms with Crippen LogP contribution in [0.5, 0.6) is 0 Å². The Labute approximate surface area is 80.9 Å². The smallest absolute Gasteiger partial charge is 0.179 e. The molecule has 0 N–H and O–H groups in total. The van der Waals surface area contributed by atoms with Gasteiger partial charge in [-0.15, -0.1) is 0 Å². The van der Waals surface area contributed by atoms with Crippen molar-refractivity contribution < 1.29 is 9.47 Å². The molecule has 0 spiro atoms. The summed E-state index contributed by atoms with van der Waals surface area (Å²) in [6.07, 6.45) is 6.59. The van der Waals surface area contributed by atoms with Crippen molar-refractivity contribution in [3.8, 4) is 0 Å². The molecule has 0 aromatic heterocycles. The first kappa shape index (κ1) is 10.7. The first-order valence-electron chi connectivity index (χ1n) is 5.30. The van der Waals surface area contributed by atoms with Crippen molar-refractivity contribution in [2.45, 2.75) is 45.8 Å². The minimum absolute atomic E-state index is 0.0506. The monoisotopic (exact) mass is 184 g/mol. The number of rotatable bonds is 4. The molecule has 1 aliphatic heterocycles. The Balaban J connectivity index is 2.43. The molecule has 76 valence electrons. The van der Waals surface area contributed by atoms with Crippen LogP contribution in [-0.2, 0) is 9.47 Å². The van der Waals surface area contributed by atoms with E-state index >= 15 is 0 Å². The Kier molecular flexibility index (Phi) is 5.09. The highest BCUT2D eigenvalue weighted by Crippen LogP contribution is 2.17. The number of hydrogen-bond donors (Lipinski definition) is 0. The molecule has 0 aromatic rings. The summed E-state index contributed by atoms with van der Waals surface area (Å²) in [5, 5.41) is 0. The summed E-state index contributed by atoms with van der Waals surface area (Å²) < 4.78 is 11.1. The predicted octanol–water partition coefficient (Wildman–Crippen LogP) is 2.89. The molecule has 0 aliphatic carbocycles. The third kappa shape index (κ3) is 3.49. The summed E-state index contributed by atoms with van der Waals surface area (Å²) in [4.78, 5) is 0. The third-order valence-electron chi connectivity index (χ3n) is 2.23. The lowest BCUT2D eigenvalue weighted by molar-refractivity contribution is -0.157. The van der Waals surface area contributed by atoms with E-state index in [0.717, 1.165) is 32.5 Å². The van der Waals surface area contributed by atoms with Gasteiger partial charge in [0, 0.05) is 0 Å². The molecule has 1 aliphatic rings. The summed E-state index contributed by atoms with van der Waals surface area (Å²) in [6, 6.07) is 0. The van der Waals surface area contributed by atoms with Gasteiger partial charge in [0.1, 0.15) is 0 Å². The first-order chi connectivity index (χ1) is 6.38. The predicted molar refractivity (Wildman–Crippen MR) is 53.6 cm³/mol. The van der Waals surface area contributed by atoms with Crippen LogP contribution >= 0.6 is 0 Å². The van der Waals surface area contributed by atoms with Crippen molar-refractivity contribution in [1.82, 2.24) is 0 Å². The first-order valence-corrected chi connectivity index (χ1v) is 5.30. The fourth-order valence-corrected chi connectivity index (χ4v) is 1.44. The zero-order valence-corrected chi connectivity index (χ0v) is 8.71. The molecule has 0 radical (unpaired) electrons. The fourth-order valence-electron chi connectivity index (χ4n) is 1.44. The summed E-state index contributed by atoms with van der Waals surface area (Å²) >= 11 is 0. The highest BCUT2D eigenvalue weighted by atomic mass is 16.7.